The second kappa shape index (κ2) is 6.67. The van der Waals surface area contributed by atoms with E-state index in [1.54, 1.807) is 16.8 Å². The molecular formula is C18H28N2O2. The van der Waals surface area contributed by atoms with E-state index in [1.165, 1.54) is 0 Å². The molecule has 1 N–H and O–H groups in total. The first-order valence-corrected chi connectivity index (χ1v) is 8.37. The van der Waals surface area contributed by atoms with Crippen molar-refractivity contribution in [2.24, 2.45) is 11.8 Å². The van der Waals surface area contributed by atoms with Gasteiger partial charge in [0.05, 0.1) is 0 Å². The molecule has 0 aromatic carbocycles. The van der Waals surface area contributed by atoms with Gasteiger partial charge in [0.1, 0.15) is 5.69 Å². The maximum atomic E-state index is 12.6. The lowest BCUT2D eigenvalue weighted by atomic mass is 9.91. The number of nitrogens with zero attached hydrogens (tertiary/aromatic N) is 1. The number of nitrogens with one attached hydrogen (secondary N) is 1. The van der Waals surface area contributed by atoms with Crippen molar-refractivity contribution in [2.75, 3.05) is 5.32 Å². The van der Waals surface area contributed by atoms with Crippen LogP contribution in [-0.2, 0) is 10.3 Å². The number of hydrogen-bond acceptors (Lipinski definition) is 2. The summed E-state index contributed by atoms with van der Waals surface area (Å²) in [6.07, 6.45) is 7.16. The van der Waals surface area contributed by atoms with Gasteiger partial charge in [-0.3, -0.25) is 9.59 Å². The number of pyridine rings is 1. The van der Waals surface area contributed by atoms with E-state index in [0.717, 1.165) is 32.1 Å². The topological polar surface area (TPSA) is 51.1 Å². The minimum absolute atomic E-state index is 0.0136. The van der Waals surface area contributed by atoms with Gasteiger partial charge in [0, 0.05) is 17.7 Å². The van der Waals surface area contributed by atoms with Gasteiger partial charge in [0.15, 0.2) is 0 Å². The SMILES string of the molecule is CCCC1CCCC1C(=O)Nc1cccn(C(C)(C)C)c1=O. The molecule has 4 heteroatoms. The lowest BCUT2D eigenvalue weighted by Gasteiger charge is -2.23. The van der Waals surface area contributed by atoms with Crippen LogP contribution in [-0.4, -0.2) is 10.5 Å². The summed E-state index contributed by atoms with van der Waals surface area (Å²) < 4.78 is 1.67. The summed E-state index contributed by atoms with van der Waals surface area (Å²) >= 11 is 0. The van der Waals surface area contributed by atoms with Crippen molar-refractivity contribution < 1.29 is 4.79 Å². The molecule has 1 aliphatic carbocycles. The highest BCUT2D eigenvalue weighted by molar-refractivity contribution is 5.92. The van der Waals surface area contributed by atoms with Crippen molar-refractivity contribution >= 4 is 11.6 Å². The van der Waals surface area contributed by atoms with Crippen LogP contribution >= 0.6 is 0 Å². The lowest BCUT2D eigenvalue weighted by molar-refractivity contribution is -0.120. The third-order valence-electron chi connectivity index (χ3n) is 4.58. The van der Waals surface area contributed by atoms with Gasteiger partial charge < -0.3 is 9.88 Å². The summed E-state index contributed by atoms with van der Waals surface area (Å²) in [4.78, 5) is 25.1. The zero-order valence-electron chi connectivity index (χ0n) is 14.2. The number of carbonyl (C=O) groups excluding carboxylic acids is 1. The molecule has 0 bridgehead atoms. The van der Waals surface area contributed by atoms with Crippen molar-refractivity contribution in [1.29, 1.82) is 0 Å². The summed E-state index contributed by atoms with van der Waals surface area (Å²) in [6, 6.07) is 3.52. The van der Waals surface area contributed by atoms with Crippen molar-refractivity contribution in [3.63, 3.8) is 0 Å². The Morgan fingerprint density at radius 1 is 1.36 bits per heavy atom. The van der Waals surface area contributed by atoms with E-state index in [-0.39, 0.29) is 22.9 Å². The Balaban J connectivity index is 2.17. The Morgan fingerprint density at radius 2 is 2.09 bits per heavy atom. The maximum absolute atomic E-state index is 12.6. The number of carbonyl (C=O) groups is 1. The first-order chi connectivity index (χ1) is 10.3. The smallest absolute Gasteiger partial charge is 0.274 e. The highest BCUT2D eigenvalue weighted by Gasteiger charge is 2.32. The third kappa shape index (κ3) is 3.60. The van der Waals surface area contributed by atoms with Gasteiger partial charge in [-0.15, -0.1) is 0 Å². The van der Waals surface area contributed by atoms with Crippen LogP contribution in [0.5, 0.6) is 0 Å². The predicted molar refractivity (Wildman–Crippen MR) is 90.1 cm³/mol. The van der Waals surface area contributed by atoms with E-state index >= 15 is 0 Å². The molecule has 0 saturated heterocycles. The molecule has 122 valence electrons. The third-order valence-corrected chi connectivity index (χ3v) is 4.58. The average molecular weight is 304 g/mol. The van der Waals surface area contributed by atoms with Crippen LogP contribution in [0.25, 0.3) is 0 Å². The molecule has 1 fully saturated rings. The van der Waals surface area contributed by atoms with Gasteiger partial charge in [0.25, 0.3) is 5.56 Å². The molecule has 0 aliphatic heterocycles. The van der Waals surface area contributed by atoms with Gasteiger partial charge in [-0.25, -0.2) is 0 Å². The van der Waals surface area contributed by atoms with E-state index in [9.17, 15) is 9.59 Å². The van der Waals surface area contributed by atoms with Crippen molar-refractivity contribution in [3.05, 3.63) is 28.7 Å². The molecule has 1 saturated carbocycles. The number of anilines is 1. The van der Waals surface area contributed by atoms with Crippen LogP contribution in [0.2, 0.25) is 0 Å². The number of amides is 1. The van der Waals surface area contributed by atoms with Crippen molar-refractivity contribution in [3.8, 4) is 0 Å². The zero-order chi connectivity index (χ0) is 16.3. The number of aromatic nitrogens is 1. The Kier molecular flexibility index (Phi) is 5.09. The second-order valence-corrected chi connectivity index (χ2v) is 7.34. The van der Waals surface area contributed by atoms with E-state index in [4.69, 9.17) is 0 Å². The monoisotopic (exact) mass is 304 g/mol. The van der Waals surface area contributed by atoms with Crippen LogP contribution in [0.4, 0.5) is 5.69 Å². The summed E-state index contributed by atoms with van der Waals surface area (Å²) in [5.74, 6) is 0.543. The Bertz CT molecular complexity index is 583. The molecule has 1 amide bonds. The van der Waals surface area contributed by atoms with Gasteiger partial charge in [-0.1, -0.05) is 19.8 Å². The quantitative estimate of drug-likeness (QED) is 0.921. The van der Waals surface area contributed by atoms with Gasteiger partial charge in [-0.2, -0.15) is 0 Å². The van der Waals surface area contributed by atoms with Crippen LogP contribution < -0.4 is 10.9 Å². The number of hydrogen-bond donors (Lipinski definition) is 1. The van der Waals surface area contributed by atoms with Crippen molar-refractivity contribution in [1.82, 2.24) is 4.57 Å². The average Bonchev–Trinajstić information content (AvgIpc) is 2.88. The second-order valence-electron chi connectivity index (χ2n) is 7.34. The summed E-state index contributed by atoms with van der Waals surface area (Å²) in [7, 11) is 0. The fraction of sp³-hybridized carbons (Fsp3) is 0.667. The van der Waals surface area contributed by atoms with Gasteiger partial charge in [0.2, 0.25) is 5.91 Å². The molecule has 2 unspecified atom stereocenters. The molecule has 1 aromatic rings. The minimum atomic E-state index is -0.296. The molecule has 1 aliphatic rings. The predicted octanol–water partition coefficient (Wildman–Crippen LogP) is 3.76. The van der Waals surface area contributed by atoms with Gasteiger partial charge in [-0.05, 0) is 58.1 Å². The molecule has 2 rings (SSSR count). The summed E-state index contributed by atoms with van der Waals surface area (Å²) in [5, 5.41) is 2.88. The van der Waals surface area contributed by atoms with Crippen LogP contribution in [0, 0.1) is 11.8 Å². The molecular weight excluding hydrogens is 276 g/mol. The molecule has 0 radical (unpaired) electrons. The Hall–Kier alpha value is -1.58. The van der Waals surface area contributed by atoms with Crippen LogP contribution in [0.1, 0.15) is 59.8 Å². The molecule has 1 heterocycles. The lowest BCUT2D eigenvalue weighted by Crippen LogP contribution is -2.36. The first kappa shape index (κ1) is 16.8. The largest absolute Gasteiger partial charge is 0.321 e. The van der Waals surface area contributed by atoms with E-state index < -0.39 is 0 Å². The maximum Gasteiger partial charge on any atom is 0.274 e. The van der Waals surface area contributed by atoms with Gasteiger partial charge >= 0.3 is 0 Å². The molecule has 1 aromatic heterocycles. The molecule has 0 spiro atoms. The number of rotatable bonds is 4. The van der Waals surface area contributed by atoms with Crippen LogP contribution in [0.3, 0.4) is 0 Å². The standard InChI is InChI=1S/C18H28N2O2/c1-5-8-13-9-6-10-14(13)16(21)19-15-11-7-12-20(17(15)22)18(2,3)4/h7,11-14H,5-6,8-10H2,1-4H3,(H,19,21). The van der Waals surface area contributed by atoms with Crippen LogP contribution in [0.15, 0.2) is 23.1 Å². The Morgan fingerprint density at radius 3 is 2.73 bits per heavy atom. The summed E-state index contributed by atoms with van der Waals surface area (Å²) in [6.45, 7) is 8.10. The fourth-order valence-electron chi connectivity index (χ4n) is 3.44. The highest BCUT2D eigenvalue weighted by atomic mass is 16.2. The van der Waals surface area contributed by atoms with E-state index in [2.05, 4.69) is 12.2 Å². The van der Waals surface area contributed by atoms with E-state index in [1.807, 2.05) is 26.8 Å². The molecule has 2 atom stereocenters. The Labute approximate surface area is 132 Å². The van der Waals surface area contributed by atoms with E-state index in [0.29, 0.717) is 11.6 Å². The highest BCUT2D eigenvalue weighted by Crippen LogP contribution is 2.35. The normalized spacial score (nSPS) is 21.8. The molecule has 22 heavy (non-hydrogen) atoms. The fourth-order valence-corrected chi connectivity index (χ4v) is 3.44. The minimum Gasteiger partial charge on any atom is -0.321 e. The first-order valence-electron chi connectivity index (χ1n) is 8.37. The zero-order valence-corrected chi connectivity index (χ0v) is 14.2. The van der Waals surface area contributed by atoms with Crippen molar-refractivity contribution in [2.45, 2.75) is 65.3 Å². The summed E-state index contributed by atoms with van der Waals surface area (Å²) in [5.41, 5.74) is -0.0337. The molecule has 4 nitrogen and oxygen atoms in total.